The molecule has 6 nitrogen and oxygen atoms in total. The summed E-state index contributed by atoms with van der Waals surface area (Å²) in [7, 11) is 0. The third-order valence-electron chi connectivity index (χ3n) is 8.27. The number of para-hydroxylation sites is 1. The van der Waals surface area contributed by atoms with E-state index in [2.05, 4.69) is 17.1 Å². The first-order valence-electron chi connectivity index (χ1n) is 14.7. The topological polar surface area (TPSA) is 60.0 Å². The van der Waals surface area contributed by atoms with Crippen LogP contribution in [0.4, 0.5) is 27.1 Å². The van der Waals surface area contributed by atoms with Crippen molar-refractivity contribution in [2.45, 2.75) is 26.4 Å². The summed E-state index contributed by atoms with van der Waals surface area (Å²) in [6.07, 6.45) is 0. The maximum Gasteiger partial charge on any atom is 0.340 e. The zero-order chi connectivity index (χ0) is 30.4. The van der Waals surface area contributed by atoms with Gasteiger partial charge in [-0.1, -0.05) is 30.3 Å². The quantitative estimate of drug-likeness (QED) is 0.192. The first-order valence-corrected chi connectivity index (χ1v) is 14.7. The van der Waals surface area contributed by atoms with E-state index in [1.54, 1.807) is 24.3 Å². The molecule has 44 heavy (non-hydrogen) atoms. The molecule has 5 aromatic rings. The van der Waals surface area contributed by atoms with E-state index in [0.717, 1.165) is 40.4 Å². The molecule has 5 aromatic carbocycles. The van der Waals surface area contributed by atoms with Crippen molar-refractivity contribution in [3.63, 3.8) is 0 Å². The monoisotopic (exact) mass is 586 g/mol. The molecule has 2 aliphatic heterocycles. The number of ether oxygens (including phenoxy) is 3. The minimum absolute atomic E-state index is 0.351. The van der Waals surface area contributed by atoms with Crippen molar-refractivity contribution >= 4 is 28.7 Å². The van der Waals surface area contributed by atoms with Gasteiger partial charge < -0.3 is 24.4 Å². The average molecular weight is 587 g/mol. The zero-order valence-electron chi connectivity index (χ0n) is 24.7. The lowest BCUT2D eigenvalue weighted by Gasteiger charge is -2.38. The van der Waals surface area contributed by atoms with Crippen LogP contribution in [0, 0.1) is 12.7 Å². The van der Waals surface area contributed by atoms with E-state index in [4.69, 9.17) is 14.2 Å². The molecule has 7 rings (SSSR count). The Morgan fingerprint density at radius 2 is 1.52 bits per heavy atom. The second-order valence-electron chi connectivity index (χ2n) is 10.8. The summed E-state index contributed by atoms with van der Waals surface area (Å²) in [5, 5.41) is 3.23. The van der Waals surface area contributed by atoms with E-state index in [1.807, 2.05) is 86.6 Å². The minimum Gasteiger partial charge on any atom is -0.494 e. The van der Waals surface area contributed by atoms with Crippen molar-refractivity contribution in [1.29, 1.82) is 0 Å². The van der Waals surface area contributed by atoms with E-state index in [-0.39, 0.29) is 5.82 Å². The van der Waals surface area contributed by atoms with Gasteiger partial charge in [0.25, 0.3) is 0 Å². The molecule has 220 valence electrons. The van der Waals surface area contributed by atoms with E-state index in [0.29, 0.717) is 40.6 Å². The molecule has 0 radical (unpaired) electrons. The first kappa shape index (κ1) is 27.5. The third-order valence-corrected chi connectivity index (χ3v) is 8.27. The predicted molar refractivity (Wildman–Crippen MR) is 169 cm³/mol. The average Bonchev–Trinajstić information content (AvgIpc) is 3.33. The largest absolute Gasteiger partial charge is 0.494 e. The lowest BCUT2D eigenvalue weighted by molar-refractivity contribution is 0.0224. The molecule has 0 fully saturated rings. The zero-order valence-corrected chi connectivity index (χ0v) is 24.7. The normalized spacial score (nSPS) is 16.0. The Kier molecular flexibility index (Phi) is 6.73. The summed E-state index contributed by atoms with van der Waals surface area (Å²) in [5.74, 6) is 1.22. The van der Waals surface area contributed by atoms with Crippen LogP contribution in [0.5, 0.6) is 17.2 Å². The van der Waals surface area contributed by atoms with Gasteiger partial charge in [0.1, 0.15) is 23.1 Å². The van der Waals surface area contributed by atoms with Crippen LogP contribution in [0.15, 0.2) is 103 Å². The Morgan fingerprint density at radius 1 is 0.795 bits per heavy atom. The van der Waals surface area contributed by atoms with Crippen molar-refractivity contribution in [1.82, 2.24) is 0 Å². The number of benzene rings is 5. The van der Waals surface area contributed by atoms with Crippen LogP contribution in [-0.2, 0) is 10.3 Å². The van der Waals surface area contributed by atoms with Crippen molar-refractivity contribution in [3.05, 3.63) is 137 Å². The first-order chi connectivity index (χ1) is 21.4. The predicted octanol–water partition coefficient (Wildman–Crippen LogP) is 9.00. The van der Waals surface area contributed by atoms with Gasteiger partial charge in [0.15, 0.2) is 5.60 Å². The summed E-state index contributed by atoms with van der Waals surface area (Å²) < 4.78 is 33.2. The van der Waals surface area contributed by atoms with Crippen LogP contribution in [0.25, 0.3) is 0 Å². The van der Waals surface area contributed by atoms with E-state index < -0.39 is 11.6 Å². The number of halogens is 1. The fourth-order valence-electron chi connectivity index (χ4n) is 6.22. The summed E-state index contributed by atoms with van der Waals surface area (Å²) in [6.45, 7) is 7.32. The fourth-order valence-corrected chi connectivity index (χ4v) is 6.22. The van der Waals surface area contributed by atoms with Gasteiger partial charge >= 0.3 is 5.97 Å². The van der Waals surface area contributed by atoms with Crippen LogP contribution in [0.3, 0.4) is 0 Å². The van der Waals surface area contributed by atoms with Gasteiger partial charge in [-0.2, -0.15) is 0 Å². The fraction of sp³-hybridized carbons (Fsp3) is 0.162. The summed E-state index contributed by atoms with van der Waals surface area (Å²) >= 11 is 0. The number of nitrogens with one attached hydrogen (secondary N) is 1. The van der Waals surface area contributed by atoms with Crippen LogP contribution >= 0.6 is 0 Å². The van der Waals surface area contributed by atoms with E-state index in [9.17, 15) is 9.18 Å². The van der Waals surface area contributed by atoms with Gasteiger partial charge in [0.2, 0.25) is 0 Å². The Balaban J connectivity index is 1.37. The van der Waals surface area contributed by atoms with Gasteiger partial charge in [0.05, 0.1) is 17.9 Å². The van der Waals surface area contributed by atoms with Crippen molar-refractivity contribution in [2.24, 2.45) is 0 Å². The smallest absolute Gasteiger partial charge is 0.340 e. The molecule has 0 saturated heterocycles. The highest BCUT2D eigenvalue weighted by atomic mass is 19.1. The number of hydrogen-bond acceptors (Lipinski definition) is 6. The van der Waals surface area contributed by atoms with Gasteiger partial charge in [0, 0.05) is 46.4 Å². The number of anilines is 4. The molecule has 1 atom stereocenters. The molecule has 2 aliphatic rings. The summed E-state index contributed by atoms with van der Waals surface area (Å²) in [4.78, 5) is 15.6. The number of aryl methyl sites for hydroxylation is 1. The maximum atomic E-state index is 14.6. The molecule has 0 saturated carbocycles. The third kappa shape index (κ3) is 4.35. The number of rotatable bonds is 7. The number of hydrogen-bond donors (Lipinski definition) is 1. The van der Waals surface area contributed by atoms with Crippen LogP contribution in [0.2, 0.25) is 0 Å². The Morgan fingerprint density at radius 3 is 2.30 bits per heavy atom. The van der Waals surface area contributed by atoms with Crippen molar-refractivity contribution in [2.75, 3.05) is 23.4 Å². The Labute approximate surface area is 255 Å². The van der Waals surface area contributed by atoms with Gasteiger partial charge in [-0.25, -0.2) is 9.18 Å². The summed E-state index contributed by atoms with van der Waals surface area (Å²) in [6, 6.07) is 31.8. The highest BCUT2D eigenvalue weighted by Crippen LogP contribution is 2.57. The highest BCUT2D eigenvalue weighted by molar-refractivity contribution is 5.97. The van der Waals surface area contributed by atoms with Gasteiger partial charge in [-0.05, 0) is 93.1 Å². The molecule has 1 unspecified atom stereocenters. The molecule has 0 amide bonds. The standard InChI is InChI=1S/C37H31FN2O4/c1-4-40(24-14-17-26(18-15-24)42-5-2)25-16-19-29-35(21-25)43-34-20-23(3)33(39-32-13-9-8-12-31(32)38)22-30(34)37(29)28-11-7-6-10-27(28)36(41)44-37/h6-22,39H,4-5H2,1-3H3. The Bertz CT molecular complexity index is 1910. The van der Waals surface area contributed by atoms with Crippen LogP contribution < -0.4 is 19.7 Å². The minimum atomic E-state index is -1.25. The molecule has 1 spiro atoms. The Hall–Kier alpha value is -5.30. The number of fused-ring (bicyclic) bond motifs is 6. The number of esters is 1. The van der Waals surface area contributed by atoms with Crippen molar-refractivity contribution in [3.8, 4) is 17.2 Å². The van der Waals surface area contributed by atoms with Crippen LogP contribution in [-0.4, -0.2) is 19.1 Å². The lowest BCUT2D eigenvalue weighted by atomic mass is 9.77. The van der Waals surface area contributed by atoms with Gasteiger partial charge in [-0.3, -0.25) is 0 Å². The molecule has 0 aliphatic carbocycles. The maximum absolute atomic E-state index is 14.6. The van der Waals surface area contributed by atoms with E-state index in [1.165, 1.54) is 6.07 Å². The molecule has 2 heterocycles. The molecule has 7 heteroatoms. The number of carbonyl (C=O) groups excluding carboxylic acids is 1. The molecular formula is C37H31FN2O4. The SMILES string of the molecule is CCOc1ccc(N(CC)c2ccc3c(c2)Oc2cc(C)c(Nc4ccccc4F)cc2C32OC(=O)c3ccccc32)cc1. The number of nitrogens with zero attached hydrogens (tertiary/aromatic N) is 1. The lowest BCUT2D eigenvalue weighted by Crippen LogP contribution is -2.33. The molecule has 0 aromatic heterocycles. The van der Waals surface area contributed by atoms with Crippen LogP contribution in [0.1, 0.15) is 46.5 Å². The van der Waals surface area contributed by atoms with Crippen molar-refractivity contribution < 1.29 is 23.4 Å². The summed E-state index contributed by atoms with van der Waals surface area (Å²) in [5.41, 5.74) is 5.21. The van der Waals surface area contributed by atoms with Gasteiger partial charge in [-0.15, -0.1) is 0 Å². The molecular weight excluding hydrogens is 555 g/mol. The molecule has 0 bridgehead atoms. The second-order valence-corrected chi connectivity index (χ2v) is 10.8. The second kappa shape index (κ2) is 10.8. The molecule has 1 N–H and O–H groups in total. The number of carbonyl (C=O) groups is 1. The highest BCUT2D eigenvalue weighted by Gasteiger charge is 2.53. The van der Waals surface area contributed by atoms with E-state index >= 15 is 0 Å².